The Bertz CT molecular complexity index is 334. The van der Waals surface area contributed by atoms with Gasteiger partial charge in [0.05, 0.1) is 0 Å². The molecule has 2 N–H and O–H groups in total. The second kappa shape index (κ2) is 4.90. The van der Waals surface area contributed by atoms with Crippen molar-refractivity contribution in [3.63, 3.8) is 0 Å². The van der Waals surface area contributed by atoms with Gasteiger partial charge in [0.2, 0.25) is 0 Å². The van der Waals surface area contributed by atoms with Crippen molar-refractivity contribution in [2.45, 2.75) is 24.9 Å². The minimum Gasteiger partial charge on any atom is -0.385 e. The van der Waals surface area contributed by atoms with Crippen molar-refractivity contribution in [1.29, 1.82) is 0 Å². The summed E-state index contributed by atoms with van der Waals surface area (Å²) >= 11 is 0. The average Bonchev–Trinajstić information content (AvgIpc) is 2.88. The number of nitrogens with one attached hydrogen (secondary N) is 1. The highest BCUT2D eigenvalue weighted by Crippen LogP contribution is 2.25. The van der Waals surface area contributed by atoms with Gasteiger partial charge in [-0.25, -0.2) is 0 Å². The van der Waals surface area contributed by atoms with E-state index in [9.17, 15) is 5.11 Å². The van der Waals surface area contributed by atoms with E-state index in [1.807, 2.05) is 0 Å². The Morgan fingerprint density at radius 2 is 2.50 bits per heavy atom. The largest absolute Gasteiger partial charge is 0.385 e. The SMILES string of the molecule is COCCCc1noc(C2(O)CCNC2)n1. The summed E-state index contributed by atoms with van der Waals surface area (Å²) in [7, 11) is 1.66. The lowest BCUT2D eigenvalue weighted by atomic mass is 10.0. The van der Waals surface area contributed by atoms with Crippen molar-refractivity contribution in [1.82, 2.24) is 15.5 Å². The van der Waals surface area contributed by atoms with Gasteiger partial charge in [-0.05, 0) is 19.4 Å². The summed E-state index contributed by atoms with van der Waals surface area (Å²) in [5.74, 6) is 0.956. The zero-order valence-electron chi connectivity index (χ0n) is 9.40. The maximum atomic E-state index is 10.2. The first kappa shape index (κ1) is 11.5. The van der Waals surface area contributed by atoms with Crippen LogP contribution in [0.15, 0.2) is 4.52 Å². The molecule has 1 atom stereocenters. The van der Waals surface area contributed by atoms with Crippen LogP contribution in [0.25, 0.3) is 0 Å². The topological polar surface area (TPSA) is 80.4 Å². The van der Waals surface area contributed by atoms with Gasteiger partial charge in [-0.15, -0.1) is 0 Å². The van der Waals surface area contributed by atoms with Crippen molar-refractivity contribution >= 4 is 0 Å². The second-order valence-corrected chi connectivity index (χ2v) is 4.07. The molecule has 6 nitrogen and oxygen atoms in total. The van der Waals surface area contributed by atoms with Crippen LogP contribution < -0.4 is 5.32 Å². The molecule has 2 rings (SSSR count). The number of hydrogen-bond donors (Lipinski definition) is 2. The van der Waals surface area contributed by atoms with Crippen molar-refractivity contribution in [2.75, 3.05) is 26.8 Å². The Hall–Kier alpha value is -0.980. The maximum Gasteiger partial charge on any atom is 0.259 e. The minimum absolute atomic E-state index is 0.324. The van der Waals surface area contributed by atoms with Crippen LogP contribution in [0.4, 0.5) is 0 Å². The molecule has 2 heterocycles. The van der Waals surface area contributed by atoms with Crippen LogP contribution in [0.1, 0.15) is 24.6 Å². The molecule has 1 aromatic rings. The van der Waals surface area contributed by atoms with Crippen LogP contribution in [0, 0.1) is 0 Å². The third kappa shape index (κ3) is 2.40. The van der Waals surface area contributed by atoms with Gasteiger partial charge in [0.1, 0.15) is 0 Å². The number of rotatable bonds is 5. The van der Waals surface area contributed by atoms with Crippen LogP contribution in [0.5, 0.6) is 0 Å². The van der Waals surface area contributed by atoms with Crippen molar-refractivity contribution < 1.29 is 14.4 Å². The predicted molar refractivity (Wildman–Crippen MR) is 55.9 cm³/mol. The summed E-state index contributed by atoms with van der Waals surface area (Å²) in [5.41, 5.74) is -0.980. The molecule has 0 aromatic carbocycles. The predicted octanol–water partition coefficient (Wildman–Crippen LogP) is -0.171. The van der Waals surface area contributed by atoms with E-state index in [2.05, 4.69) is 15.5 Å². The number of aryl methyl sites for hydroxylation is 1. The van der Waals surface area contributed by atoms with E-state index in [0.717, 1.165) is 13.0 Å². The molecule has 0 amide bonds. The summed E-state index contributed by atoms with van der Waals surface area (Å²) in [6.07, 6.45) is 2.18. The van der Waals surface area contributed by atoms with E-state index in [0.29, 0.717) is 37.7 Å². The second-order valence-electron chi connectivity index (χ2n) is 4.07. The zero-order valence-corrected chi connectivity index (χ0v) is 9.40. The van der Waals surface area contributed by atoms with Gasteiger partial charge < -0.3 is 19.7 Å². The van der Waals surface area contributed by atoms with Crippen LogP contribution >= 0.6 is 0 Å². The molecule has 0 bridgehead atoms. The summed E-state index contributed by atoms with van der Waals surface area (Å²) < 4.78 is 10.0. The standard InChI is InChI=1S/C10H17N3O3/c1-15-6-2-3-8-12-9(16-13-8)10(14)4-5-11-7-10/h11,14H,2-7H2,1H3. The maximum absolute atomic E-state index is 10.2. The van der Waals surface area contributed by atoms with E-state index >= 15 is 0 Å². The van der Waals surface area contributed by atoms with Gasteiger partial charge in [0.15, 0.2) is 11.4 Å². The lowest BCUT2D eigenvalue weighted by Crippen LogP contribution is -2.28. The van der Waals surface area contributed by atoms with Crippen LogP contribution in [-0.2, 0) is 16.8 Å². The first-order valence-corrected chi connectivity index (χ1v) is 5.50. The Morgan fingerprint density at radius 1 is 1.62 bits per heavy atom. The zero-order chi connectivity index (χ0) is 11.4. The molecule has 0 saturated carbocycles. The highest BCUT2D eigenvalue weighted by molar-refractivity contribution is 5.03. The fraction of sp³-hybridized carbons (Fsp3) is 0.800. The third-order valence-electron chi connectivity index (χ3n) is 2.75. The quantitative estimate of drug-likeness (QED) is 0.680. The Kier molecular flexibility index (Phi) is 3.52. The molecule has 90 valence electrons. The molecular weight excluding hydrogens is 210 g/mol. The Morgan fingerprint density at radius 3 is 3.19 bits per heavy atom. The lowest BCUT2D eigenvalue weighted by molar-refractivity contribution is 0.0243. The summed E-state index contributed by atoms with van der Waals surface area (Å²) in [6.45, 7) is 1.93. The van der Waals surface area contributed by atoms with Gasteiger partial charge in [-0.3, -0.25) is 0 Å². The van der Waals surface area contributed by atoms with E-state index in [4.69, 9.17) is 9.26 Å². The van der Waals surface area contributed by atoms with Gasteiger partial charge in [-0.2, -0.15) is 4.98 Å². The average molecular weight is 227 g/mol. The van der Waals surface area contributed by atoms with Crippen LogP contribution in [0.3, 0.4) is 0 Å². The molecule has 0 spiro atoms. The van der Waals surface area contributed by atoms with Crippen LogP contribution in [-0.4, -0.2) is 42.1 Å². The monoisotopic (exact) mass is 227 g/mol. The third-order valence-corrected chi connectivity index (χ3v) is 2.75. The highest BCUT2D eigenvalue weighted by Gasteiger charge is 2.38. The number of aromatic nitrogens is 2. The molecule has 1 aliphatic rings. The molecule has 0 aliphatic carbocycles. The number of aliphatic hydroxyl groups is 1. The van der Waals surface area contributed by atoms with E-state index in [1.165, 1.54) is 0 Å². The first-order chi connectivity index (χ1) is 7.74. The molecule has 1 unspecified atom stereocenters. The molecule has 1 saturated heterocycles. The van der Waals surface area contributed by atoms with Crippen molar-refractivity contribution in [3.8, 4) is 0 Å². The van der Waals surface area contributed by atoms with Gasteiger partial charge in [0, 0.05) is 26.7 Å². The van der Waals surface area contributed by atoms with Gasteiger partial charge in [0.25, 0.3) is 5.89 Å². The molecule has 1 aromatic heterocycles. The lowest BCUT2D eigenvalue weighted by Gasteiger charge is -2.14. The van der Waals surface area contributed by atoms with Crippen LogP contribution in [0.2, 0.25) is 0 Å². The molecule has 1 fully saturated rings. The summed E-state index contributed by atoms with van der Waals surface area (Å²) in [6, 6.07) is 0. The fourth-order valence-corrected chi connectivity index (χ4v) is 1.78. The summed E-state index contributed by atoms with van der Waals surface area (Å²) in [4.78, 5) is 4.21. The fourth-order valence-electron chi connectivity index (χ4n) is 1.78. The Labute approximate surface area is 94.0 Å². The van der Waals surface area contributed by atoms with Gasteiger partial charge >= 0.3 is 0 Å². The normalized spacial score (nSPS) is 25.1. The number of ether oxygens (including phenoxy) is 1. The molecular formula is C10H17N3O3. The number of nitrogens with zero attached hydrogens (tertiary/aromatic N) is 2. The molecule has 16 heavy (non-hydrogen) atoms. The first-order valence-electron chi connectivity index (χ1n) is 5.50. The number of β-amino-alcohol motifs (C(OH)–C–C–N with tert-alkyl or cyclic N) is 1. The van der Waals surface area contributed by atoms with E-state index < -0.39 is 5.60 Å². The smallest absolute Gasteiger partial charge is 0.259 e. The molecule has 6 heteroatoms. The Balaban J connectivity index is 1.96. The minimum atomic E-state index is -0.980. The van der Waals surface area contributed by atoms with Gasteiger partial charge in [-0.1, -0.05) is 5.16 Å². The molecule has 0 radical (unpaired) electrons. The highest BCUT2D eigenvalue weighted by atomic mass is 16.5. The van der Waals surface area contributed by atoms with E-state index in [1.54, 1.807) is 7.11 Å². The van der Waals surface area contributed by atoms with Crippen molar-refractivity contribution in [3.05, 3.63) is 11.7 Å². The number of methoxy groups -OCH3 is 1. The number of hydrogen-bond acceptors (Lipinski definition) is 6. The van der Waals surface area contributed by atoms with Crippen molar-refractivity contribution in [2.24, 2.45) is 0 Å². The molecule has 1 aliphatic heterocycles. The van der Waals surface area contributed by atoms with E-state index in [-0.39, 0.29) is 0 Å². The summed E-state index contributed by atoms with van der Waals surface area (Å²) in [5, 5.41) is 17.1.